The van der Waals surface area contributed by atoms with Crippen LogP contribution in [0, 0.1) is 5.41 Å². The Morgan fingerprint density at radius 3 is 2.61 bits per heavy atom. The van der Waals surface area contributed by atoms with Gasteiger partial charge in [0.2, 0.25) is 0 Å². The van der Waals surface area contributed by atoms with Gasteiger partial charge in [-0.1, -0.05) is 20.3 Å². The van der Waals surface area contributed by atoms with Crippen molar-refractivity contribution in [2.75, 3.05) is 11.9 Å². The van der Waals surface area contributed by atoms with Gasteiger partial charge in [-0.15, -0.1) is 0 Å². The molecule has 2 heteroatoms. The maximum atomic E-state index is 5.46. The van der Waals surface area contributed by atoms with E-state index in [9.17, 15) is 0 Å². The lowest BCUT2D eigenvalue weighted by Gasteiger charge is -2.36. The van der Waals surface area contributed by atoms with E-state index in [-0.39, 0.29) is 0 Å². The molecule has 0 heterocycles. The van der Waals surface area contributed by atoms with E-state index >= 15 is 0 Å². The van der Waals surface area contributed by atoms with Gasteiger partial charge in [0.05, 0.1) is 6.61 Å². The zero-order valence-corrected chi connectivity index (χ0v) is 11.8. The van der Waals surface area contributed by atoms with Crippen molar-refractivity contribution in [2.45, 2.75) is 52.5 Å². The summed E-state index contributed by atoms with van der Waals surface area (Å²) >= 11 is 0. The Morgan fingerprint density at radius 1 is 1.28 bits per heavy atom. The van der Waals surface area contributed by atoms with Crippen LogP contribution >= 0.6 is 0 Å². The van der Waals surface area contributed by atoms with E-state index in [1.54, 1.807) is 0 Å². The predicted molar refractivity (Wildman–Crippen MR) is 77.3 cm³/mol. The quantitative estimate of drug-likeness (QED) is 0.847. The van der Waals surface area contributed by atoms with E-state index in [4.69, 9.17) is 4.74 Å². The molecule has 1 aromatic rings. The smallest absolute Gasteiger partial charge is 0.119 e. The second-order valence-electron chi connectivity index (χ2n) is 6.06. The molecule has 0 aromatic heterocycles. The molecule has 0 bridgehead atoms. The van der Waals surface area contributed by atoms with Crippen molar-refractivity contribution in [2.24, 2.45) is 5.41 Å². The largest absolute Gasteiger partial charge is 0.494 e. The summed E-state index contributed by atoms with van der Waals surface area (Å²) in [6.45, 7) is 7.48. The van der Waals surface area contributed by atoms with E-state index in [0.29, 0.717) is 11.5 Å². The van der Waals surface area contributed by atoms with Gasteiger partial charge >= 0.3 is 0 Å². The van der Waals surface area contributed by atoms with Crippen molar-refractivity contribution in [3.8, 4) is 5.75 Å². The first kappa shape index (κ1) is 13.3. The van der Waals surface area contributed by atoms with Crippen molar-refractivity contribution < 1.29 is 4.74 Å². The zero-order chi connectivity index (χ0) is 13.0. The number of ether oxygens (including phenoxy) is 1. The molecule has 1 unspecified atom stereocenters. The lowest BCUT2D eigenvalue weighted by molar-refractivity contribution is 0.229. The SMILES string of the molecule is CCOc1ccc(NC2CCCC(C)(C)C2)cc1. The molecule has 0 saturated heterocycles. The molecule has 0 aliphatic heterocycles. The summed E-state index contributed by atoms with van der Waals surface area (Å²) in [5, 5.41) is 3.65. The molecule has 100 valence electrons. The van der Waals surface area contributed by atoms with Crippen molar-refractivity contribution in [1.82, 2.24) is 0 Å². The molecule has 0 spiro atoms. The van der Waals surface area contributed by atoms with Gasteiger partial charge in [0, 0.05) is 11.7 Å². The molecule has 1 N–H and O–H groups in total. The highest BCUT2D eigenvalue weighted by Gasteiger charge is 2.27. The Hall–Kier alpha value is -1.18. The van der Waals surface area contributed by atoms with Gasteiger partial charge in [-0.3, -0.25) is 0 Å². The first-order valence-corrected chi connectivity index (χ1v) is 7.08. The normalized spacial score (nSPS) is 22.5. The molecular formula is C16H25NO. The average Bonchev–Trinajstić information content (AvgIpc) is 2.31. The fourth-order valence-corrected chi connectivity index (χ4v) is 2.87. The minimum Gasteiger partial charge on any atom is -0.494 e. The van der Waals surface area contributed by atoms with Gasteiger partial charge in [-0.2, -0.15) is 0 Å². The molecule has 0 radical (unpaired) electrons. The number of nitrogens with one attached hydrogen (secondary N) is 1. The monoisotopic (exact) mass is 247 g/mol. The van der Waals surface area contributed by atoms with Gasteiger partial charge in [0.15, 0.2) is 0 Å². The fourth-order valence-electron chi connectivity index (χ4n) is 2.87. The van der Waals surface area contributed by atoms with Crippen molar-refractivity contribution in [1.29, 1.82) is 0 Å². The first-order chi connectivity index (χ1) is 8.59. The van der Waals surface area contributed by atoms with Crippen molar-refractivity contribution in [3.63, 3.8) is 0 Å². The summed E-state index contributed by atoms with van der Waals surface area (Å²) in [6.07, 6.45) is 5.24. The van der Waals surface area contributed by atoms with Crippen LogP contribution in [-0.2, 0) is 0 Å². The van der Waals surface area contributed by atoms with Gasteiger partial charge < -0.3 is 10.1 Å². The van der Waals surface area contributed by atoms with Crippen LogP contribution in [0.1, 0.15) is 46.5 Å². The van der Waals surface area contributed by atoms with Crippen molar-refractivity contribution >= 4 is 5.69 Å². The van der Waals surface area contributed by atoms with Gasteiger partial charge in [-0.25, -0.2) is 0 Å². The number of hydrogen-bond acceptors (Lipinski definition) is 2. The van der Waals surface area contributed by atoms with E-state index in [1.165, 1.54) is 31.4 Å². The molecule has 18 heavy (non-hydrogen) atoms. The molecule has 1 atom stereocenters. The molecule has 1 fully saturated rings. The van der Waals surface area contributed by atoms with E-state index in [1.807, 2.05) is 19.1 Å². The van der Waals surface area contributed by atoms with Gasteiger partial charge in [-0.05, 0) is 55.9 Å². The Bertz CT molecular complexity index is 369. The number of hydrogen-bond donors (Lipinski definition) is 1. The third-order valence-corrected chi connectivity index (χ3v) is 3.74. The molecule has 2 nitrogen and oxygen atoms in total. The summed E-state index contributed by atoms with van der Waals surface area (Å²) < 4.78 is 5.46. The maximum Gasteiger partial charge on any atom is 0.119 e. The van der Waals surface area contributed by atoms with Crippen LogP contribution in [0.3, 0.4) is 0 Å². The molecule has 0 amide bonds. The second-order valence-corrected chi connectivity index (χ2v) is 6.06. The zero-order valence-electron chi connectivity index (χ0n) is 11.8. The Labute approximate surface area is 111 Å². The van der Waals surface area contributed by atoms with E-state index < -0.39 is 0 Å². The van der Waals surface area contributed by atoms with Crippen LogP contribution in [-0.4, -0.2) is 12.6 Å². The van der Waals surface area contributed by atoms with Crippen LogP contribution in [0.15, 0.2) is 24.3 Å². The summed E-state index contributed by atoms with van der Waals surface area (Å²) in [5.41, 5.74) is 1.70. The summed E-state index contributed by atoms with van der Waals surface area (Å²) in [7, 11) is 0. The van der Waals surface area contributed by atoms with Crippen LogP contribution in [0.25, 0.3) is 0 Å². The maximum absolute atomic E-state index is 5.46. The highest BCUT2D eigenvalue weighted by atomic mass is 16.5. The summed E-state index contributed by atoms with van der Waals surface area (Å²) in [4.78, 5) is 0. The minimum atomic E-state index is 0.487. The van der Waals surface area contributed by atoms with Crippen LogP contribution in [0.2, 0.25) is 0 Å². The summed E-state index contributed by atoms with van der Waals surface area (Å²) in [5.74, 6) is 0.951. The Balaban J connectivity index is 1.92. The molecular weight excluding hydrogens is 222 g/mol. The molecule has 1 aliphatic carbocycles. The van der Waals surface area contributed by atoms with Gasteiger partial charge in [0.1, 0.15) is 5.75 Å². The van der Waals surface area contributed by atoms with E-state index in [0.717, 1.165) is 12.4 Å². The number of anilines is 1. The Morgan fingerprint density at radius 2 is 2.00 bits per heavy atom. The highest BCUT2D eigenvalue weighted by Crippen LogP contribution is 2.36. The van der Waals surface area contributed by atoms with Gasteiger partial charge in [0.25, 0.3) is 0 Å². The highest BCUT2D eigenvalue weighted by molar-refractivity contribution is 5.47. The second kappa shape index (κ2) is 5.64. The van der Waals surface area contributed by atoms with E-state index in [2.05, 4.69) is 31.3 Å². The van der Waals surface area contributed by atoms with Crippen LogP contribution < -0.4 is 10.1 Å². The predicted octanol–water partition coefficient (Wildman–Crippen LogP) is 4.47. The lowest BCUT2D eigenvalue weighted by Crippen LogP contribution is -2.31. The molecule has 2 rings (SSSR count). The van der Waals surface area contributed by atoms with Crippen molar-refractivity contribution in [3.05, 3.63) is 24.3 Å². The standard InChI is InChI=1S/C16H25NO/c1-4-18-15-9-7-13(8-10-15)17-14-6-5-11-16(2,3)12-14/h7-10,14,17H,4-6,11-12H2,1-3H3. The molecule has 1 saturated carbocycles. The summed E-state index contributed by atoms with van der Waals surface area (Å²) in [6, 6.07) is 8.94. The fraction of sp³-hybridized carbons (Fsp3) is 0.625. The topological polar surface area (TPSA) is 21.3 Å². The third-order valence-electron chi connectivity index (χ3n) is 3.74. The first-order valence-electron chi connectivity index (χ1n) is 7.08. The number of benzene rings is 1. The molecule has 1 aromatic carbocycles. The van der Waals surface area contributed by atoms with Crippen LogP contribution in [0.4, 0.5) is 5.69 Å². The Kier molecular flexibility index (Phi) is 4.15. The number of rotatable bonds is 4. The lowest BCUT2D eigenvalue weighted by atomic mass is 9.75. The third kappa shape index (κ3) is 3.66. The van der Waals surface area contributed by atoms with Crippen LogP contribution in [0.5, 0.6) is 5.75 Å². The minimum absolute atomic E-state index is 0.487. The average molecular weight is 247 g/mol. The molecule has 1 aliphatic rings.